The third-order valence-corrected chi connectivity index (χ3v) is 4.43. The second-order valence-electron chi connectivity index (χ2n) is 4.51. The Morgan fingerprint density at radius 3 is 2.57 bits per heavy atom. The van der Waals surface area contributed by atoms with Crippen molar-refractivity contribution in [2.75, 3.05) is 20.8 Å². The van der Waals surface area contributed by atoms with Crippen molar-refractivity contribution in [2.24, 2.45) is 0 Å². The first-order valence-corrected chi connectivity index (χ1v) is 8.31. The predicted octanol–water partition coefficient (Wildman–Crippen LogP) is 2.03. The number of methoxy groups -OCH3 is 2. The van der Waals surface area contributed by atoms with E-state index < -0.39 is 10.0 Å². The van der Waals surface area contributed by atoms with Crippen LogP contribution in [0.5, 0.6) is 11.5 Å². The van der Waals surface area contributed by atoms with Crippen molar-refractivity contribution in [3.8, 4) is 23.3 Å². The Morgan fingerprint density at radius 1 is 1.04 bits per heavy atom. The molecule has 0 fully saturated rings. The molecule has 0 radical (unpaired) electrons. The Morgan fingerprint density at radius 2 is 1.83 bits per heavy atom. The van der Waals surface area contributed by atoms with Gasteiger partial charge in [0.2, 0.25) is 10.0 Å². The van der Waals surface area contributed by atoms with Gasteiger partial charge in [0, 0.05) is 6.07 Å². The van der Waals surface area contributed by atoms with Crippen molar-refractivity contribution in [1.82, 2.24) is 4.72 Å². The van der Waals surface area contributed by atoms with Gasteiger partial charge < -0.3 is 9.47 Å². The summed E-state index contributed by atoms with van der Waals surface area (Å²) >= 11 is 0. The summed E-state index contributed by atoms with van der Waals surface area (Å²) in [7, 11) is -0.581. The van der Waals surface area contributed by atoms with E-state index in [2.05, 4.69) is 16.6 Å². The highest BCUT2D eigenvalue weighted by Gasteiger charge is 2.13. The van der Waals surface area contributed by atoms with E-state index in [1.165, 1.54) is 19.2 Å². The number of nitrogens with one attached hydrogen (secondary N) is 1. The monoisotopic (exact) mass is 331 g/mol. The maximum atomic E-state index is 12.2. The Hall–Kier alpha value is -2.49. The normalized spacial score (nSPS) is 10.5. The van der Waals surface area contributed by atoms with Crippen molar-refractivity contribution >= 4 is 10.0 Å². The highest BCUT2D eigenvalue weighted by atomic mass is 32.2. The Bertz CT molecular complexity index is 835. The van der Waals surface area contributed by atoms with E-state index in [0.717, 1.165) is 0 Å². The fourth-order valence-corrected chi connectivity index (χ4v) is 2.83. The van der Waals surface area contributed by atoms with Crippen LogP contribution in [0, 0.1) is 11.8 Å². The standard InChI is InChI=1S/C17H17NO4S/c1-21-15-9-5-10-16(13-15)23(19,20)18-12-6-8-14-7-3-4-11-17(14)22-2/h3-5,7,9-11,13,18H,12H2,1-2H3. The molecule has 1 N–H and O–H groups in total. The van der Waals surface area contributed by atoms with Crippen molar-refractivity contribution in [2.45, 2.75) is 4.90 Å². The summed E-state index contributed by atoms with van der Waals surface area (Å²) in [4.78, 5) is 0.135. The third-order valence-electron chi connectivity index (χ3n) is 3.03. The molecule has 120 valence electrons. The molecule has 0 aliphatic heterocycles. The van der Waals surface area contributed by atoms with E-state index in [9.17, 15) is 8.42 Å². The molecule has 2 aromatic rings. The lowest BCUT2D eigenvalue weighted by Gasteiger charge is -2.05. The molecule has 0 spiro atoms. The second kappa shape index (κ2) is 7.68. The van der Waals surface area contributed by atoms with Crippen LogP contribution in [0.15, 0.2) is 53.4 Å². The number of para-hydroxylation sites is 1. The van der Waals surface area contributed by atoms with E-state index in [4.69, 9.17) is 9.47 Å². The van der Waals surface area contributed by atoms with Gasteiger partial charge in [-0.05, 0) is 24.3 Å². The van der Waals surface area contributed by atoms with Crippen LogP contribution in [0.4, 0.5) is 0 Å². The molecule has 2 rings (SSSR count). The Kier molecular flexibility index (Phi) is 5.63. The molecule has 0 aliphatic carbocycles. The van der Waals surface area contributed by atoms with Crippen molar-refractivity contribution < 1.29 is 17.9 Å². The van der Waals surface area contributed by atoms with Crippen molar-refractivity contribution in [3.63, 3.8) is 0 Å². The Labute approximate surface area is 136 Å². The molecule has 23 heavy (non-hydrogen) atoms. The minimum Gasteiger partial charge on any atom is -0.497 e. The first-order chi connectivity index (χ1) is 11.1. The highest BCUT2D eigenvalue weighted by Crippen LogP contribution is 2.17. The fourth-order valence-electron chi connectivity index (χ4n) is 1.87. The summed E-state index contributed by atoms with van der Waals surface area (Å²) in [5.41, 5.74) is 0.704. The molecule has 0 aliphatic rings. The van der Waals surface area contributed by atoms with E-state index in [0.29, 0.717) is 17.1 Å². The van der Waals surface area contributed by atoms with Crippen molar-refractivity contribution in [3.05, 3.63) is 54.1 Å². The van der Waals surface area contributed by atoms with Gasteiger partial charge >= 0.3 is 0 Å². The van der Waals surface area contributed by atoms with Gasteiger partial charge in [0.05, 0.1) is 31.2 Å². The van der Waals surface area contributed by atoms with E-state index in [1.54, 1.807) is 25.3 Å². The first kappa shape index (κ1) is 16.9. The molecule has 0 saturated carbocycles. The number of ether oxygens (including phenoxy) is 2. The van der Waals surface area contributed by atoms with Crippen LogP contribution in [0.1, 0.15) is 5.56 Å². The predicted molar refractivity (Wildman–Crippen MR) is 88.1 cm³/mol. The maximum Gasteiger partial charge on any atom is 0.241 e. The van der Waals surface area contributed by atoms with E-state index in [-0.39, 0.29) is 11.4 Å². The molecule has 0 aromatic heterocycles. The molecule has 6 heteroatoms. The average Bonchev–Trinajstić information content (AvgIpc) is 2.59. The quantitative estimate of drug-likeness (QED) is 0.852. The smallest absolute Gasteiger partial charge is 0.241 e. The van der Waals surface area contributed by atoms with Gasteiger partial charge in [0.15, 0.2) is 0 Å². The summed E-state index contributed by atoms with van der Waals surface area (Å²) < 4.78 is 37.0. The van der Waals surface area contributed by atoms with E-state index in [1.807, 2.05) is 18.2 Å². The van der Waals surface area contributed by atoms with Crippen LogP contribution in [0.2, 0.25) is 0 Å². The highest BCUT2D eigenvalue weighted by molar-refractivity contribution is 7.89. The molecule has 0 bridgehead atoms. The molecule has 2 aromatic carbocycles. The minimum atomic E-state index is -3.63. The zero-order valence-corrected chi connectivity index (χ0v) is 13.7. The number of sulfonamides is 1. The van der Waals surface area contributed by atoms with E-state index >= 15 is 0 Å². The van der Waals surface area contributed by atoms with Crippen LogP contribution in [0.25, 0.3) is 0 Å². The minimum absolute atomic E-state index is 0.00239. The Balaban J connectivity index is 2.07. The lowest BCUT2D eigenvalue weighted by Crippen LogP contribution is -2.24. The van der Waals surface area contributed by atoms with Crippen LogP contribution < -0.4 is 14.2 Å². The topological polar surface area (TPSA) is 64.6 Å². The summed E-state index contributed by atoms with van der Waals surface area (Å²) in [6.45, 7) is -0.00239. The molecular weight excluding hydrogens is 314 g/mol. The van der Waals surface area contributed by atoms with Crippen LogP contribution in [-0.2, 0) is 10.0 Å². The molecule has 5 nitrogen and oxygen atoms in total. The number of hydrogen-bond donors (Lipinski definition) is 1. The first-order valence-electron chi connectivity index (χ1n) is 6.82. The van der Waals surface area contributed by atoms with Gasteiger partial charge in [0.25, 0.3) is 0 Å². The summed E-state index contributed by atoms with van der Waals surface area (Å²) in [5.74, 6) is 6.79. The lowest BCUT2D eigenvalue weighted by molar-refractivity contribution is 0.413. The summed E-state index contributed by atoms with van der Waals surface area (Å²) in [6.07, 6.45) is 0. The third kappa shape index (κ3) is 4.49. The SMILES string of the molecule is COc1cccc(S(=O)(=O)NCC#Cc2ccccc2OC)c1. The fraction of sp³-hybridized carbons (Fsp3) is 0.176. The molecule has 0 amide bonds. The summed E-state index contributed by atoms with van der Waals surface area (Å²) in [6, 6.07) is 13.5. The number of hydrogen-bond acceptors (Lipinski definition) is 4. The molecule has 0 atom stereocenters. The average molecular weight is 331 g/mol. The largest absolute Gasteiger partial charge is 0.497 e. The van der Waals surface area contributed by atoms with Crippen molar-refractivity contribution in [1.29, 1.82) is 0 Å². The van der Waals surface area contributed by atoms with Crippen LogP contribution in [0.3, 0.4) is 0 Å². The van der Waals surface area contributed by atoms with Gasteiger partial charge in [-0.25, -0.2) is 8.42 Å². The number of benzene rings is 2. The molecule has 0 saturated heterocycles. The molecule has 0 unspecified atom stereocenters. The van der Waals surface area contributed by atoms with Crippen LogP contribution in [-0.4, -0.2) is 29.2 Å². The lowest BCUT2D eigenvalue weighted by atomic mass is 10.2. The number of rotatable bonds is 5. The molecule has 0 heterocycles. The van der Waals surface area contributed by atoms with Gasteiger partial charge in [-0.15, -0.1) is 0 Å². The van der Waals surface area contributed by atoms with Gasteiger partial charge in [-0.2, -0.15) is 4.72 Å². The zero-order chi connectivity index (χ0) is 16.7. The zero-order valence-electron chi connectivity index (χ0n) is 12.9. The van der Waals surface area contributed by atoms with Crippen LogP contribution >= 0.6 is 0 Å². The van der Waals surface area contributed by atoms with Gasteiger partial charge in [-0.1, -0.05) is 30.0 Å². The summed E-state index contributed by atoms with van der Waals surface area (Å²) in [5, 5.41) is 0. The second-order valence-corrected chi connectivity index (χ2v) is 6.27. The molecular formula is C17H17NO4S. The van der Waals surface area contributed by atoms with Gasteiger partial charge in [0.1, 0.15) is 11.5 Å². The van der Waals surface area contributed by atoms with Gasteiger partial charge in [-0.3, -0.25) is 0 Å². The maximum absolute atomic E-state index is 12.2.